The van der Waals surface area contributed by atoms with E-state index in [2.05, 4.69) is 99.3 Å². The van der Waals surface area contributed by atoms with Crippen molar-refractivity contribution in [2.45, 2.75) is 96.3 Å². The lowest BCUT2D eigenvalue weighted by Gasteiger charge is -2.59. The first-order valence-electron chi connectivity index (χ1n) is 8.39. The molecule has 0 N–H and O–H groups in total. The number of rotatable bonds is 5. The molecule has 0 aromatic carbocycles. The summed E-state index contributed by atoms with van der Waals surface area (Å²) in [5.41, 5.74) is 0. The smallest absolute Gasteiger partial charge is 0.122 e. The molecular formula is C17H41NSSi2. The molecule has 2 atom stereocenters. The Kier molecular flexibility index (Phi) is 6.94. The minimum Gasteiger partial charge on any atom is -0.323 e. The van der Waals surface area contributed by atoms with Crippen molar-refractivity contribution >= 4 is 28.9 Å². The van der Waals surface area contributed by atoms with Gasteiger partial charge in [0.15, 0.2) is 0 Å². The second-order valence-corrected chi connectivity index (χ2v) is 21.8. The standard InChI is InChI=1S/C17H41NSSi2/c1-14(13-19)18(9)20(10,11)15(2)21(12,16(3,4)5)17(6,7)8/h14-15,19H,13H2,1-12H3. The van der Waals surface area contributed by atoms with Crippen molar-refractivity contribution in [2.24, 2.45) is 0 Å². The minimum atomic E-state index is -1.52. The number of thiol groups is 1. The quantitative estimate of drug-likeness (QED) is 0.468. The number of hydrogen-bond acceptors (Lipinski definition) is 2. The van der Waals surface area contributed by atoms with Gasteiger partial charge in [-0.05, 0) is 29.2 Å². The van der Waals surface area contributed by atoms with Gasteiger partial charge < -0.3 is 4.57 Å². The van der Waals surface area contributed by atoms with Crippen LogP contribution in [-0.2, 0) is 0 Å². The maximum absolute atomic E-state index is 4.53. The van der Waals surface area contributed by atoms with Crippen LogP contribution in [0.15, 0.2) is 0 Å². The van der Waals surface area contributed by atoms with E-state index in [1.54, 1.807) is 0 Å². The molecule has 1 nitrogen and oxygen atoms in total. The monoisotopic (exact) mass is 347 g/mol. The lowest BCUT2D eigenvalue weighted by atomic mass is 10.2. The van der Waals surface area contributed by atoms with Crippen LogP contribution in [0, 0.1) is 0 Å². The molecule has 128 valence electrons. The van der Waals surface area contributed by atoms with Gasteiger partial charge in [-0.2, -0.15) is 12.6 Å². The van der Waals surface area contributed by atoms with Crippen molar-refractivity contribution in [3.05, 3.63) is 0 Å². The Morgan fingerprint density at radius 3 is 1.48 bits per heavy atom. The molecule has 0 aromatic rings. The molecule has 2 unspecified atom stereocenters. The summed E-state index contributed by atoms with van der Waals surface area (Å²) in [4.78, 5) is 0. The SMILES string of the molecule is CC(CS)N(C)[Si](C)(C)C(C)[Si](C)(C(C)(C)C)C(C)(C)C. The highest BCUT2D eigenvalue weighted by Crippen LogP contribution is 2.58. The Morgan fingerprint density at radius 1 is 0.905 bits per heavy atom. The molecule has 0 amide bonds. The summed E-state index contributed by atoms with van der Waals surface area (Å²) in [7, 11) is -0.684. The van der Waals surface area contributed by atoms with Gasteiger partial charge in [-0.1, -0.05) is 68.1 Å². The Bertz CT molecular complexity index is 328. The van der Waals surface area contributed by atoms with E-state index in [1.807, 2.05) is 0 Å². The predicted molar refractivity (Wildman–Crippen MR) is 109 cm³/mol. The van der Waals surface area contributed by atoms with E-state index in [0.29, 0.717) is 16.1 Å². The normalized spacial score (nSPS) is 18.0. The molecule has 0 fully saturated rings. The van der Waals surface area contributed by atoms with E-state index in [-0.39, 0.29) is 0 Å². The van der Waals surface area contributed by atoms with Gasteiger partial charge in [0.1, 0.15) is 8.24 Å². The lowest BCUT2D eigenvalue weighted by molar-refractivity contribution is 0.419. The molecule has 21 heavy (non-hydrogen) atoms. The third-order valence-corrected chi connectivity index (χ3v) is 23.6. The third-order valence-electron chi connectivity index (χ3n) is 6.88. The molecule has 0 saturated heterocycles. The fourth-order valence-corrected chi connectivity index (χ4v) is 20.1. The average Bonchev–Trinajstić information content (AvgIpc) is 2.31. The van der Waals surface area contributed by atoms with Crippen molar-refractivity contribution in [3.63, 3.8) is 0 Å². The van der Waals surface area contributed by atoms with Gasteiger partial charge in [0.25, 0.3) is 0 Å². The van der Waals surface area contributed by atoms with E-state index in [9.17, 15) is 0 Å². The maximum atomic E-state index is 4.53. The van der Waals surface area contributed by atoms with Crippen LogP contribution in [0.1, 0.15) is 55.4 Å². The Balaban J connectivity index is 5.87. The van der Waals surface area contributed by atoms with Crippen molar-refractivity contribution in [2.75, 3.05) is 12.8 Å². The molecule has 0 aromatic heterocycles. The summed E-state index contributed by atoms with van der Waals surface area (Å²) in [6.45, 7) is 27.6. The highest BCUT2D eigenvalue weighted by atomic mass is 32.1. The Morgan fingerprint density at radius 2 is 1.24 bits per heavy atom. The van der Waals surface area contributed by atoms with Crippen LogP contribution in [0.4, 0.5) is 0 Å². The zero-order valence-electron chi connectivity index (χ0n) is 16.8. The summed E-state index contributed by atoms with van der Waals surface area (Å²) in [6, 6.07) is 0.565. The second-order valence-electron chi connectivity index (χ2n) is 9.72. The average molecular weight is 348 g/mol. The molecule has 0 heterocycles. The molecule has 0 bridgehead atoms. The fourth-order valence-electron chi connectivity index (χ4n) is 4.13. The van der Waals surface area contributed by atoms with E-state index >= 15 is 0 Å². The molecule has 4 heteroatoms. The molecule has 0 spiro atoms. The van der Waals surface area contributed by atoms with Crippen molar-refractivity contribution < 1.29 is 0 Å². The fraction of sp³-hybridized carbons (Fsp3) is 1.00. The molecular weight excluding hydrogens is 306 g/mol. The van der Waals surface area contributed by atoms with Gasteiger partial charge >= 0.3 is 0 Å². The predicted octanol–water partition coefficient (Wildman–Crippen LogP) is 6.05. The van der Waals surface area contributed by atoms with Gasteiger partial charge in [-0.25, -0.2) is 0 Å². The van der Waals surface area contributed by atoms with Crippen LogP contribution in [-0.4, -0.2) is 39.7 Å². The number of nitrogens with zero attached hydrogens (tertiary/aromatic N) is 1. The van der Waals surface area contributed by atoms with Crippen LogP contribution in [0.3, 0.4) is 0 Å². The van der Waals surface area contributed by atoms with Gasteiger partial charge in [-0.15, -0.1) is 0 Å². The van der Waals surface area contributed by atoms with Gasteiger partial charge in [0.05, 0.1) is 8.07 Å². The summed E-state index contributed by atoms with van der Waals surface area (Å²) in [5, 5.41) is 1.66. The first-order valence-corrected chi connectivity index (χ1v) is 14.6. The maximum Gasteiger partial charge on any atom is 0.122 e. The lowest BCUT2D eigenvalue weighted by Crippen LogP contribution is -2.65. The van der Waals surface area contributed by atoms with Crippen LogP contribution in [0.25, 0.3) is 0 Å². The summed E-state index contributed by atoms with van der Waals surface area (Å²) in [6.07, 6.45) is 0. The summed E-state index contributed by atoms with van der Waals surface area (Å²) >= 11 is 4.53. The molecule has 0 aliphatic heterocycles. The van der Waals surface area contributed by atoms with Crippen molar-refractivity contribution in [1.29, 1.82) is 0 Å². The number of hydrogen-bond donors (Lipinski definition) is 1. The van der Waals surface area contributed by atoms with Gasteiger partial charge in [0.2, 0.25) is 0 Å². The van der Waals surface area contributed by atoms with Crippen LogP contribution < -0.4 is 0 Å². The zero-order valence-corrected chi connectivity index (χ0v) is 19.7. The third kappa shape index (κ3) is 3.99. The van der Waals surface area contributed by atoms with E-state index in [1.165, 1.54) is 0 Å². The molecule has 0 aliphatic rings. The van der Waals surface area contributed by atoms with E-state index < -0.39 is 16.3 Å². The first kappa shape index (κ1) is 21.7. The van der Waals surface area contributed by atoms with Crippen LogP contribution in [0.5, 0.6) is 0 Å². The van der Waals surface area contributed by atoms with Crippen molar-refractivity contribution in [1.82, 2.24) is 4.57 Å². The summed E-state index contributed by atoms with van der Waals surface area (Å²) < 4.78 is 2.69. The summed E-state index contributed by atoms with van der Waals surface area (Å²) in [5.74, 6) is 0.947. The van der Waals surface area contributed by atoms with Crippen molar-refractivity contribution in [3.8, 4) is 0 Å². The zero-order chi connectivity index (χ0) is 17.4. The molecule has 0 saturated carbocycles. The minimum absolute atomic E-state index is 0.417. The Hall–Kier alpha value is 0.744. The molecule has 0 rings (SSSR count). The second kappa shape index (κ2) is 6.70. The van der Waals surface area contributed by atoms with E-state index in [0.717, 1.165) is 10.9 Å². The molecule has 0 radical (unpaired) electrons. The highest BCUT2D eigenvalue weighted by molar-refractivity contribution is 7.80. The Labute approximate surface area is 142 Å². The largest absolute Gasteiger partial charge is 0.323 e. The van der Waals surface area contributed by atoms with E-state index in [4.69, 9.17) is 0 Å². The van der Waals surface area contributed by atoms with Crippen LogP contribution in [0.2, 0.25) is 34.9 Å². The first-order chi connectivity index (χ1) is 9.05. The van der Waals surface area contributed by atoms with Gasteiger partial charge in [-0.3, -0.25) is 0 Å². The van der Waals surface area contributed by atoms with Gasteiger partial charge in [0, 0.05) is 11.8 Å². The molecule has 0 aliphatic carbocycles. The van der Waals surface area contributed by atoms with Crippen LogP contribution >= 0.6 is 12.6 Å². The highest BCUT2D eigenvalue weighted by Gasteiger charge is 2.57. The topological polar surface area (TPSA) is 3.24 Å².